The molecule has 1 heterocycles. The Hall–Kier alpha value is -3.19. The van der Waals surface area contributed by atoms with E-state index in [0.29, 0.717) is 16.3 Å². The van der Waals surface area contributed by atoms with Crippen LogP contribution in [0, 0.1) is 20.8 Å². The van der Waals surface area contributed by atoms with Crippen LogP contribution in [0.5, 0.6) is 5.75 Å². The van der Waals surface area contributed by atoms with Crippen LogP contribution in [0.3, 0.4) is 0 Å². The van der Waals surface area contributed by atoms with Crippen LogP contribution in [0.25, 0.3) is 10.6 Å². The summed E-state index contributed by atoms with van der Waals surface area (Å²) in [6.07, 6.45) is 0. The molecule has 144 valence electrons. The molecular weight excluding hydrogens is 374 g/mol. The van der Waals surface area contributed by atoms with E-state index in [1.54, 1.807) is 6.92 Å². The first-order chi connectivity index (χ1) is 13.4. The van der Waals surface area contributed by atoms with E-state index in [2.05, 4.69) is 15.8 Å². The number of benzene rings is 2. The average Bonchev–Trinajstić information content (AvgIpc) is 3.08. The van der Waals surface area contributed by atoms with Crippen LogP contribution in [0.1, 0.15) is 26.5 Å². The molecule has 0 atom stereocenters. The van der Waals surface area contributed by atoms with Gasteiger partial charge in [-0.1, -0.05) is 48.0 Å². The highest BCUT2D eigenvalue weighted by atomic mass is 32.1. The van der Waals surface area contributed by atoms with Crippen molar-refractivity contribution in [3.05, 3.63) is 70.2 Å². The lowest BCUT2D eigenvalue weighted by molar-refractivity contribution is -0.123. The molecule has 2 aromatic carbocycles. The Morgan fingerprint density at radius 2 is 1.79 bits per heavy atom. The molecule has 7 heteroatoms. The predicted octanol–water partition coefficient (Wildman–Crippen LogP) is 3.58. The Morgan fingerprint density at radius 3 is 2.50 bits per heavy atom. The number of hydrazine groups is 1. The predicted molar refractivity (Wildman–Crippen MR) is 109 cm³/mol. The zero-order chi connectivity index (χ0) is 20.1. The van der Waals surface area contributed by atoms with Gasteiger partial charge < -0.3 is 4.74 Å². The summed E-state index contributed by atoms with van der Waals surface area (Å²) in [5.41, 5.74) is 8.42. The van der Waals surface area contributed by atoms with Gasteiger partial charge in [0, 0.05) is 5.56 Å². The fourth-order valence-electron chi connectivity index (χ4n) is 2.64. The molecule has 2 amide bonds. The smallest absolute Gasteiger partial charge is 0.281 e. The van der Waals surface area contributed by atoms with Crippen LogP contribution < -0.4 is 15.6 Å². The SMILES string of the molecule is Cc1ccc(OCC(=O)NNC(=O)c2sc(-c3ccccc3)nc2C)c(C)c1. The van der Waals surface area contributed by atoms with Crippen molar-refractivity contribution in [1.82, 2.24) is 15.8 Å². The average molecular weight is 395 g/mol. The van der Waals surface area contributed by atoms with Gasteiger partial charge in [0.2, 0.25) is 0 Å². The van der Waals surface area contributed by atoms with Crippen LogP contribution in [0.15, 0.2) is 48.5 Å². The maximum absolute atomic E-state index is 12.4. The molecule has 0 bridgehead atoms. The summed E-state index contributed by atoms with van der Waals surface area (Å²) in [4.78, 5) is 29.3. The molecule has 3 rings (SSSR count). The molecule has 0 unspecified atom stereocenters. The van der Waals surface area contributed by atoms with E-state index in [4.69, 9.17) is 4.74 Å². The third kappa shape index (κ3) is 4.75. The lowest BCUT2D eigenvalue weighted by Gasteiger charge is -2.10. The van der Waals surface area contributed by atoms with Gasteiger partial charge in [-0.2, -0.15) is 0 Å². The first-order valence-electron chi connectivity index (χ1n) is 8.76. The number of amides is 2. The number of nitrogens with one attached hydrogen (secondary N) is 2. The largest absolute Gasteiger partial charge is 0.483 e. The number of rotatable bonds is 5. The molecule has 1 aromatic heterocycles. The van der Waals surface area contributed by atoms with Crippen LogP contribution in [-0.4, -0.2) is 23.4 Å². The lowest BCUT2D eigenvalue weighted by atomic mass is 10.1. The van der Waals surface area contributed by atoms with Crippen molar-refractivity contribution in [2.75, 3.05) is 6.61 Å². The molecular formula is C21H21N3O3S. The number of hydrogen-bond acceptors (Lipinski definition) is 5. The minimum absolute atomic E-state index is 0.193. The molecule has 0 saturated heterocycles. The fraction of sp³-hybridized carbons (Fsp3) is 0.190. The summed E-state index contributed by atoms with van der Waals surface area (Å²) in [5.74, 6) is -0.214. The van der Waals surface area contributed by atoms with Gasteiger partial charge in [0.05, 0.1) is 5.69 Å². The van der Waals surface area contributed by atoms with Crippen LogP contribution in [0.4, 0.5) is 0 Å². The van der Waals surface area contributed by atoms with Gasteiger partial charge >= 0.3 is 0 Å². The zero-order valence-corrected chi connectivity index (χ0v) is 16.7. The van der Waals surface area contributed by atoms with Gasteiger partial charge in [-0.15, -0.1) is 11.3 Å². The molecule has 0 radical (unpaired) electrons. The van der Waals surface area contributed by atoms with Gasteiger partial charge in [0.15, 0.2) is 6.61 Å². The number of aryl methyl sites for hydroxylation is 3. The maximum atomic E-state index is 12.4. The summed E-state index contributed by atoms with van der Waals surface area (Å²) in [5, 5.41) is 0.757. The minimum Gasteiger partial charge on any atom is -0.483 e. The summed E-state index contributed by atoms with van der Waals surface area (Å²) in [6.45, 7) is 5.48. The van der Waals surface area contributed by atoms with E-state index in [9.17, 15) is 9.59 Å². The number of hydrogen-bond donors (Lipinski definition) is 2. The van der Waals surface area contributed by atoms with Crippen molar-refractivity contribution in [1.29, 1.82) is 0 Å². The molecule has 0 aliphatic carbocycles. The maximum Gasteiger partial charge on any atom is 0.281 e. The third-order valence-electron chi connectivity index (χ3n) is 4.03. The first-order valence-corrected chi connectivity index (χ1v) is 9.58. The summed E-state index contributed by atoms with van der Waals surface area (Å²) in [7, 11) is 0. The van der Waals surface area contributed by atoms with Gasteiger partial charge in [0.25, 0.3) is 11.8 Å². The normalized spacial score (nSPS) is 10.4. The van der Waals surface area contributed by atoms with E-state index in [1.807, 2.05) is 62.4 Å². The molecule has 0 fully saturated rings. The molecule has 0 spiro atoms. The van der Waals surface area contributed by atoms with E-state index < -0.39 is 11.8 Å². The van der Waals surface area contributed by atoms with Crippen LogP contribution in [-0.2, 0) is 4.79 Å². The second-order valence-electron chi connectivity index (χ2n) is 6.36. The first kappa shape index (κ1) is 19.6. The number of thiazole rings is 1. The van der Waals surface area contributed by atoms with Crippen molar-refractivity contribution in [2.45, 2.75) is 20.8 Å². The number of carbonyl (C=O) groups is 2. The highest BCUT2D eigenvalue weighted by Gasteiger charge is 2.17. The Kier molecular flexibility index (Phi) is 6.06. The van der Waals surface area contributed by atoms with Gasteiger partial charge in [-0.05, 0) is 32.4 Å². The fourth-order valence-corrected chi connectivity index (χ4v) is 3.60. The summed E-state index contributed by atoms with van der Waals surface area (Å²) >= 11 is 1.28. The van der Waals surface area contributed by atoms with Crippen molar-refractivity contribution in [2.24, 2.45) is 0 Å². The van der Waals surface area contributed by atoms with E-state index in [0.717, 1.165) is 21.7 Å². The second kappa shape index (κ2) is 8.67. The van der Waals surface area contributed by atoms with E-state index in [1.165, 1.54) is 11.3 Å². The molecule has 6 nitrogen and oxygen atoms in total. The molecule has 28 heavy (non-hydrogen) atoms. The van der Waals surface area contributed by atoms with Crippen molar-refractivity contribution in [3.8, 4) is 16.3 Å². The Morgan fingerprint density at radius 1 is 1.04 bits per heavy atom. The van der Waals surface area contributed by atoms with E-state index in [-0.39, 0.29) is 6.61 Å². The zero-order valence-electron chi connectivity index (χ0n) is 15.9. The van der Waals surface area contributed by atoms with Crippen molar-refractivity contribution in [3.63, 3.8) is 0 Å². The van der Waals surface area contributed by atoms with Gasteiger partial charge in [-0.25, -0.2) is 4.98 Å². The van der Waals surface area contributed by atoms with Crippen LogP contribution in [0.2, 0.25) is 0 Å². The van der Waals surface area contributed by atoms with Gasteiger partial charge in [0.1, 0.15) is 15.6 Å². The molecule has 2 N–H and O–H groups in total. The monoisotopic (exact) mass is 395 g/mol. The summed E-state index contributed by atoms with van der Waals surface area (Å²) in [6, 6.07) is 15.3. The second-order valence-corrected chi connectivity index (χ2v) is 7.36. The third-order valence-corrected chi connectivity index (χ3v) is 5.23. The van der Waals surface area contributed by atoms with Crippen molar-refractivity contribution < 1.29 is 14.3 Å². The van der Waals surface area contributed by atoms with Crippen LogP contribution >= 0.6 is 11.3 Å². The molecule has 0 aliphatic rings. The lowest BCUT2D eigenvalue weighted by Crippen LogP contribution is -2.43. The highest BCUT2D eigenvalue weighted by Crippen LogP contribution is 2.27. The number of nitrogens with zero attached hydrogens (tertiary/aromatic N) is 1. The summed E-state index contributed by atoms with van der Waals surface area (Å²) < 4.78 is 5.50. The van der Waals surface area contributed by atoms with E-state index >= 15 is 0 Å². The van der Waals surface area contributed by atoms with Gasteiger partial charge in [-0.3, -0.25) is 20.4 Å². The van der Waals surface area contributed by atoms with Crippen molar-refractivity contribution >= 4 is 23.2 Å². The molecule has 0 saturated carbocycles. The quantitative estimate of drug-likeness (QED) is 0.647. The Labute approximate surface area is 167 Å². The Bertz CT molecular complexity index is 999. The number of carbonyl (C=O) groups excluding carboxylic acids is 2. The molecule has 3 aromatic rings. The number of ether oxygens (including phenoxy) is 1. The number of aromatic nitrogens is 1. The topological polar surface area (TPSA) is 80.3 Å². The molecule has 0 aliphatic heterocycles. The standard InChI is InChI=1S/C21H21N3O3S/c1-13-9-10-17(14(2)11-13)27-12-18(25)23-24-20(26)19-15(3)22-21(28-19)16-7-5-4-6-8-16/h4-11H,12H2,1-3H3,(H,23,25)(H,24,26). The Balaban J connectivity index is 1.55. The highest BCUT2D eigenvalue weighted by molar-refractivity contribution is 7.17. The minimum atomic E-state index is -0.446.